The number of halogens is 1. The van der Waals surface area contributed by atoms with E-state index in [-0.39, 0.29) is 24.0 Å². The number of para-hydroxylation sites is 1. The minimum Gasteiger partial charge on any atom is -0.361 e. The van der Waals surface area contributed by atoms with Gasteiger partial charge in [-0.15, -0.1) is 24.0 Å². The second-order valence-corrected chi connectivity index (χ2v) is 7.34. The number of nitrogens with zero attached hydrogens (tertiary/aromatic N) is 2. The van der Waals surface area contributed by atoms with Gasteiger partial charge in [-0.1, -0.05) is 25.1 Å². The topological polar surface area (TPSA) is 43.4 Å². The van der Waals surface area contributed by atoms with Crippen LogP contribution in [0, 0.1) is 0 Å². The maximum Gasteiger partial charge on any atom is 0.193 e. The zero-order valence-electron chi connectivity index (χ0n) is 14.4. The van der Waals surface area contributed by atoms with Crippen LogP contribution in [0.5, 0.6) is 0 Å². The molecule has 0 amide bonds. The standard InChI is InChI=1S/C18H26N4S.HI/c1-3-15-13-22(10-11-23-15)18(19-2)20-9-8-14-12-21-17-7-5-4-6-16(14)17;/h4-7,12,15,21H,3,8-11,13H2,1-2H3,(H,19,20);1H. The Labute approximate surface area is 165 Å². The van der Waals surface area contributed by atoms with Crippen molar-refractivity contribution in [3.63, 3.8) is 0 Å². The summed E-state index contributed by atoms with van der Waals surface area (Å²) in [6.45, 7) is 5.38. The normalized spacial score (nSPS) is 18.5. The molecule has 1 fully saturated rings. The Hall–Kier alpha value is -0.890. The van der Waals surface area contributed by atoms with E-state index in [2.05, 4.69) is 69.3 Å². The highest BCUT2D eigenvalue weighted by atomic mass is 127. The fraction of sp³-hybridized carbons (Fsp3) is 0.500. The number of guanidine groups is 1. The third-order valence-electron chi connectivity index (χ3n) is 4.46. The second-order valence-electron chi connectivity index (χ2n) is 5.93. The van der Waals surface area contributed by atoms with Crippen molar-refractivity contribution in [2.75, 3.05) is 32.4 Å². The molecule has 2 N–H and O–H groups in total. The monoisotopic (exact) mass is 458 g/mol. The van der Waals surface area contributed by atoms with Gasteiger partial charge in [-0.3, -0.25) is 4.99 Å². The third-order valence-corrected chi connectivity index (χ3v) is 5.83. The molecule has 24 heavy (non-hydrogen) atoms. The zero-order chi connectivity index (χ0) is 16.1. The van der Waals surface area contributed by atoms with E-state index in [1.807, 2.05) is 7.05 Å². The van der Waals surface area contributed by atoms with E-state index < -0.39 is 0 Å². The summed E-state index contributed by atoms with van der Waals surface area (Å²) in [7, 11) is 1.89. The Balaban J connectivity index is 0.00000208. The number of hydrogen-bond acceptors (Lipinski definition) is 2. The smallest absolute Gasteiger partial charge is 0.193 e. The van der Waals surface area contributed by atoms with Gasteiger partial charge >= 0.3 is 0 Å². The number of aromatic amines is 1. The summed E-state index contributed by atoms with van der Waals surface area (Å²) in [6.07, 6.45) is 4.36. The number of benzene rings is 1. The Morgan fingerprint density at radius 1 is 1.42 bits per heavy atom. The molecule has 1 aromatic carbocycles. The van der Waals surface area contributed by atoms with Crippen molar-refractivity contribution in [2.24, 2.45) is 4.99 Å². The lowest BCUT2D eigenvalue weighted by Gasteiger charge is -2.34. The molecule has 3 rings (SSSR count). The molecule has 2 aromatic rings. The van der Waals surface area contributed by atoms with Crippen molar-refractivity contribution in [3.05, 3.63) is 36.0 Å². The summed E-state index contributed by atoms with van der Waals surface area (Å²) in [4.78, 5) is 10.2. The molecule has 2 heterocycles. The minimum absolute atomic E-state index is 0. The summed E-state index contributed by atoms with van der Waals surface area (Å²) < 4.78 is 0. The molecular weight excluding hydrogens is 431 g/mol. The molecule has 0 spiro atoms. The lowest BCUT2D eigenvalue weighted by molar-refractivity contribution is 0.408. The SMILES string of the molecule is CCC1CN(C(=NC)NCCc2c[nH]c3ccccc23)CCS1.I. The molecule has 1 saturated heterocycles. The maximum absolute atomic E-state index is 4.48. The quantitative estimate of drug-likeness (QED) is 0.417. The average molecular weight is 458 g/mol. The first kappa shape index (κ1) is 19.4. The van der Waals surface area contributed by atoms with Gasteiger partial charge in [0.05, 0.1) is 0 Å². The van der Waals surface area contributed by atoms with Gasteiger partial charge in [-0.05, 0) is 24.5 Å². The number of H-pyrrole nitrogens is 1. The molecule has 4 nitrogen and oxygen atoms in total. The minimum atomic E-state index is 0. The van der Waals surface area contributed by atoms with Gasteiger partial charge in [-0.2, -0.15) is 11.8 Å². The first-order chi connectivity index (χ1) is 11.3. The lowest BCUT2D eigenvalue weighted by atomic mass is 10.1. The zero-order valence-corrected chi connectivity index (χ0v) is 17.6. The van der Waals surface area contributed by atoms with Gasteiger partial charge < -0.3 is 15.2 Å². The van der Waals surface area contributed by atoms with Gasteiger partial charge in [-0.25, -0.2) is 0 Å². The Bertz CT molecular complexity index is 670. The third kappa shape index (κ3) is 4.59. The van der Waals surface area contributed by atoms with Crippen molar-refractivity contribution in [1.82, 2.24) is 15.2 Å². The number of thioether (sulfide) groups is 1. The van der Waals surface area contributed by atoms with Crippen LogP contribution >= 0.6 is 35.7 Å². The molecule has 1 atom stereocenters. The molecular formula is C18H27IN4S. The van der Waals surface area contributed by atoms with Crippen molar-refractivity contribution in [1.29, 1.82) is 0 Å². The summed E-state index contributed by atoms with van der Waals surface area (Å²) >= 11 is 2.09. The number of fused-ring (bicyclic) bond motifs is 1. The number of aliphatic imine (C=N–C) groups is 1. The number of nitrogens with one attached hydrogen (secondary N) is 2. The fourth-order valence-corrected chi connectivity index (χ4v) is 4.32. The molecule has 1 unspecified atom stereocenters. The molecule has 0 bridgehead atoms. The van der Waals surface area contributed by atoms with E-state index in [9.17, 15) is 0 Å². The van der Waals surface area contributed by atoms with Crippen LogP contribution in [0.1, 0.15) is 18.9 Å². The second kappa shape index (κ2) is 9.56. The molecule has 1 aliphatic heterocycles. The largest absolute Gasteiger partial charge is 0.361 e. The van der Waals surface area contributed by atoms with E-state index in [0.717, 1.165) is 37.3 Å². The summed E-state index contributed by atoms with van der Waals surface area (Å²) in [5.74, 6) is 2.24. The van der Waals surface area contributed by atoms with Crippen molar-refractivity contribution < 1.29 is 0 Å². The van der Waals surface area contributed by atoms with E-state index >= 15 is 0 Å². The first-order valence-corrected chi connectivity index (χ1v) is 9.49. The van der Waals surface area contributed by atoms with Gasteiger partial charge in [0.2, 0.25) is 0 Å². The molecule has 1 aliphatic rings. The van der Waals surface area contributed by atoms with Crippen LogP contribution in [0.25, 0.3) is 10.9 Å². The van der Waals surface area contributed by atoms with Crippen LogP contribution in [-0.2, 0) is 6.42 Å². The molecule has 6 heteroatoms. The van der Waals surface area contributed by atoms with Crippen LogP contribution in [0.3, 0.4) is 0 Å². The summed E-state index contributed by atoms with van der Waals surface area (Å²) in [5.41, 5.74) is 2.58. The Morgan fingerprint density at radius 3 is 3.04 bits per heavy atom. The van der Waals surface area contributed by atoms with E-state index in [1.54, 1.807) is 0 Å². The number of aromatic nitrogens is 1. The summed E-state index contributed by atoms with van der Waals surface area (Å²) in [5, 5.41) is 5.60. The van der Waals surface area contributed by atoms with Gasteiger partial charge in [0.15, 0.2) is 5.96 Å². The van der Waals surface area contributed by atoms with E-state index in [0.29, 0.717) is 0 Å². The van der Waals surface area contributed by atoms with Crippen molar-refractivity contribution in [3.8, 4) is 0 Å². The molecule has 132 valence electrons. The Morgan fingerprint density at radius 2 is 2.25 bits per heavy atom. The molecule has 1 aromatic heterocycles. The Kier molecular flexibility index (Phi) is 7.74. The van der Waals surface area contributed by atoms with E-state index in [4.69, 9.17) is 0 Å². The van der Waals surface area contributed by atoms with Gasteiger partial charge in [0, 0.05) is 54.8 Å². The van der Waals surface area contributed by atoms with Crippen LogP contribution in [0.4, 0.5) is 0 Å². The average Bonchev–Trinajstić information content (AvgIpc) is 3.02. The van der Waals surface area contributed by atoms with Crippen LogP contribution in [0.15, 0.2) is 35.5 Å². The molecule has 0 saturated carbocycles. The lowest BCUT2D eigenvalue weighted by Crippen LogP contribution is -2.48. The highest BCUT2D eigenvalue weighted by molar-refractivity contribution is 14.0. The van der Waals surface area contributed by atoms with Crippen LogP contribution in [-0.4, -0.2) is 53.5 Å². The highest BCUT2D eigenvalue weighted by Gasteiger charge is 2.21. The van der Waals surface area contributed by atoms with Gasteiger partial charge in [0.1, 0.15) is 0 Å². The van der Waals surface area contributed by atoms with Crippen LogP contribution < -0.4 is 5.32 Å². The number of rotatable bonds is 4. The predicted molar refractivity (Wildman–Crippen MR) is 117 cm³/mol. The van der Waals surface area contributed by atoms with E-state index in [1.165, 1.54) is 28.6 Å². The predicted octanol–water partition coefficient (Wildman–Crippen LogP) is 3.73. The number of hydrogen-bond donors (Lipinski definition) is 2. The summed E-state index contributed by atoms with van der Waals surface area (Å²) in [6, 6.07) is 8.48. The molecule has 0 aliphatic carbocycles. The first-order valence-electron chi connectivity index (χ1n) is 8.44. The van der Waals surface area contributed by atoms with Gasteiger partial charge in [0.25, 0.3) is 0 Å². The van der Waals surface area contributed by atoms with Crippen molar-refractivity contribution >= 4 is 52.6 Å². The maximum atomic E-state index is 4.48. The molecule has 0 radical (unpaired) electrons. The fourth-order valence-electron chi connectivity index (χ4n) is 3.14. The van der Waals surface area contributed by atoms with Crippen LogP contribution in [0.2, 0.25) is 0 Å². The highest BCUT2D eigenvalue weighted by Crippen LogP contribution is 2.21. The van der Waals surface area contributed by atoms with Crippen molar-refractivity contribution in [2.45, 2.75) is 25.0 Å².